The standard InChI is InChI=1S/C8H13IO2/c1-2-3-7(9)6-4-8(10)11-5-6/h6-7H,2-5H2,1H3. The number of carbonyl (C=O) groups excluding carboxylic acids is 1. The SMILES string of the molecule is CCCC(I)C1COC(=O)C1. The van der Waals surface area contributed by atoms with Crippen molar-refractivity contribution in [2.45, 2.75) is 30.1 Å². The predicted octanol–water partition coefficient (Wildman–Crippen LogP) is 2.15. The third-order valence-electron chi connectivity index (χ3n) is 1.96. The highest BCUT2D eigenvalue weighted by Gasteiger charge is 2.28. The lowest BCUT2D eigenvalue weighted by molar-refractivity contribution is -0.137. The Bertz CT molecular complexity index is 147. The maximum absolute atomic E-state index is 10.7. The number of hydrogen-bond donors (Lipinski definition) is 0. The molecule has 0 aromatic rings. The third-order valence-corrected chi connectivity index (χ3v) is 3.60. The number of halogens is 1. The van der Waals surface area contributed by atoms with E-state index in [0.29, 0.717) is 22.9 Å². The Kier molecular flexibility index (Phi) is 3.62. The van der Waals surface area contributed by atoms with Gasteiger partial charge in [0.2, 0.25) is 0 Å². The topological polar surface area (TPSA) is 26.3 Å². The smallest absolute Gasteiger partial charge is 0.306 e. The van der Waals surface area contributed by atoms with Gasteiger partial charge in [-0.2, -0.15) is 0 Å². The fourth-order valence-corrected chi connectivity index (χ4v) is 2.36. The molecule has 1 aliphatic rings. The van der Waals surface area contributed by atoms with Crippen LogP contribution in [-0.2, 0) is 9.53 Å². The van der Waals surface area contributed by atoms with Crippen LogP contribution in [0.4, 0.5) is 0 Å². The summed E-state index contributed by atoms with van der Waals surface area (Å²) in [4.78, 5) is 10.7. The molecule has 11 heavy (non-hydrogen) atoms. The molecule has 1 fully saturated rings. The minimum atomic E-state index is -0.0206. The second kappa shape index (κ2) is 4.28. The van der Waals surface area contributed by atoms with Crippen LogP contribution in [-0.4, -0.2) is 16.5 Å². The van der Waals surface area contributed by atoms with E-state index in [2.05, 4.69) is 29.5 Å². The summed E-state index contributed by atoms with van der Waals surface area (Å²) in [5.74, 6) is 0.454. The van der Waals surface area contributed by atoms with Gasteiger partial charge in [0.25, 0.3) is 0 Å². The third kappa shape index (κ3) is 2.61. The van der Waals surface area contributed by atoms with Gasteiger partial charge in [0.15, 0.2) is 0 Å². The van der Waals surface area contributed by atoms with E-state index in [9.17, 15) is 4.79 Å². The first-order valence-electron chi connectivity index (χ1n) is 4.03. The first-order chi connectivity index (χ1) is 5.24. The molecule has 0 N–H and O–H groups in total. The van der Waals surface area contributed by atoms with Crippen molar-refractivity contribution in [2.75, 3.05) is 6.61 Å². The van der Waals surface area contributed by atoms with Gasteiger partial charge in [-0.15, -0.1) is 0 Å². The van der Waals surface area contributed by atoms with Crippen LogP contribution in [0.3, 0.4) is 0 Å². The van der Waals surface area contributed by atoms with Crippen LogP contribution in [0, 0.1) is 5.92 Å². The molecule has 1 saturated heterocycles. The van der Waals surface area contributed by atoms with Crippen LogP contribution in [0.25, 0.3) is 0 Å². The molecule has 0 amide bonds. The summed E-state index contributed by atoms with van der Waals surface area (Å²) in [6.45, 7) is 2.82. The quantitative estimate of drug-likeness (QED) is 0.445. The summed E-state index contributed by atoms with van der Waals surface area (Å²) in [5.41, 5.74) is 0. The molecule has 2 unspecified atom stereocenters. The molecular weight excluding hydrogens is 255 g/mol. The van der Waals surface area contributed by atoms with E-state index >= 15 is 0 Å². The van der Waals surface area contributed by atoms with Crippen molar-refractivity contribution >= 4 is 28.6 Å². The fraction of sp³-hybridized carbons (Fsp3) is 0.875. The van der Waals surface area contributed by atoms with Gasteiger partial charge in [-0.3, -0.25) is 4.79 Å². The normalized spacial score (nSPS) is 26.7. The number of cyclic esters (lactones) is 1. The van der Waals surface area contributed by atoms with Gasteiger partial charge >= 0.3 is 5.97 Å². The predicted molar refractivity (Wildman–Crippen MR) is 51.8 cm³/mol. The summed E-state index contributed by atoms with van der Waals surface area (Å²) in [5, 5.41) is 0. The summed E-state index contributed by atoms with van der Waals surface area (Å²) in [7, 11) is 0. The molecule has 0 aliphatic carbocycles. The van der Waals surface area contributed by atoms with Crippen molar-refractivity contribution < 1.29 is 9.53 Å². The zero-order valence-electron chi connectivity index (χ0n) is 6.68. The van der Waals surface area contributed by atoms with Crippen molar-refractivity contribution in [3.8, 4) is 0 Å². The first-order valence-corrected chi connectivity index (χ1v) is 5.28. The number of rotatable bonds is 3. The fourth-order valence-electron chi connectivity index (χ4n) is 1.28. The van der Waals surface area contributed by atoms with Gasteiger partial charge in [-0.05, 0) is 6.42 Å². The lowest BCUT2D eigenvalue weighted by Gasteiger charge is -2.12. The molecular formula is C8H13IO2. The highest BCUT2D eigenvalue weighted by atomic mass is 127. The maximum atomic E-state index is 10.7. The number of alkyl halides is 1. The van der Waals surface area contributed by atoms with E-state index in [-0.39, 0.29) is 5.97 Å². The van der Waals surface area contributed by atoms with Gasteiger partial charge in [0, 0.05) is 9.84 Å². The highest BCUT2D eigenvalue weighted by molar-refractivity contribution is 14.1. The lowest BCUT2D eigenvalue weighted by Crippen LogP contribution is -2.13. The molecule has 0 aromatic heterocycles. The van der Waals surface area contributed by atoms with Crippen LogP contribution >= 0.6 is 22.6 Å². The van der Waals surface area contributed by atoms with Crippen LogP contribution in [0.15, 0.2) is 0 Å². The van der Waals surface area contributed by atoms with E-state index in [0.717, 1.165) is 0 Å². The number of ether oxygens (including phenoxy) is 1. The van der Waals surface area contributed by atoms with Crippen LogP contribution in [0.1, 0.15) is 26.2 Å². The van der Waals surface area contributed by atoms with Crippen LogP contribution < -0.4 is 0 Å². The van der Waals surface area contributed by atoms with Crippen molar-refractivity contribution in [1.29, 1.82) is 0 Å². The molecule has 64 valence electrons. The Morgan fingerprint density at radius 3 is 3.00 bits per heavy atom. The van der Waals surface area contributed by atoms with Gasteiger partial charge in [0.1, 0.15) is 0 Å². The molecule has 0 saturated carbocycles. The molecule has 0 aromatic carbocycles. The van der Waals surface area contributed by atoms with E-state index < -0.39 is 0 Å². The van der Waals surface area contributed by atoms with Crippen molar-refractivity contribution in [1.82, 2.24) is 0 Å². The summed E-state index contributed by atoms with van der Waals surface area (Å²) >= 11 is 2.42. The Balaban J connectivity index is 2.30. The second-order valence-corrected chi connectivity index (χ2v) is 4.55. The Labute approximate surface area is 80.8 Å². The Hall–Kier alpha value is 0.200. The van der Waals surface area contributed by atoms with Crippen molar-refractivity contribution in [3.05, 3.63) is 0 Å². The van der Waals surface area contributed by atoms with Crippen LogP contribution in [0.5, 0.6) is 0 Å². The number of hydrogen-bond acceptors (Lipinski definition) is 2. The van der Waals surface area contributed by atoms with E-state index in [4.69, 9.17) is 4.74 Å². The molecule has 0 radical (unpaired) electrons. The number of carbonyl (C=O) groups is 1. The molecule has 2 nitrogen and oxygen atoms in total. The average Bonchev–Trinajstić information content (AvgIpc) is 2.36. The molecule has 1 heterocycles. The second-order valence-electron chi connectivity index (χ2n) is 2.95. The van der Waals surface area contributed by atoms with Gasteiger partial charge in [-0.25, -0.2) is 0 Å². The largest absolute Gasteiger partial charge is 0.465 e. The van der Waals surface area contributed by atoms with Crippen LogP contribution in [0.2, 0.25) is 0 Å². The Morgan fingerprint density at radius 1 is 1.82 bits per heavy atom. The highest BCUT2D eigenvalue weighted by Crippen LogP contribution is 2.26. The van der Waals surface area contributed by atoms with E-state index in [1.807, 2.05) is 0 Å². The summed E-state index contributed by atoms with van der Waals surface area (Å²) < 4.78 is 5.50. The molecule has 2 atom stereocenters. The van der Waals surface area contributed by atoms with Gasteiger partial charge < -0.3 is 4.74 Å². The average molecular weight is 268 g/mol. The molecule has 1 aliphatic heterocycles. The monoisotopic (exact) mass is 268 g/mol. The minimum Gasteiger partial charge on any atom is -0.465 e. The van der Waals surface area contributed by atoms with Crippen molar-refractivity contribution in [2.24, 2.45) is 5.92 Å². The summed E-state index contributed by atoms with van der Waals surface area (Å²) in [6, 6.07) is 0. The maximum Gasteiger partial charge on any atom is 0.306 e. The van der Waals surface area contributed by atoms with Gasteiger partial charge in [0.05, 0.1) is 13.0 Å². The van der Waals surface area contributed by atoms with E-state index in [1.165, 1.54) is 12.8 Å². The minimum absolute atomic E-state index is 0.0206. The van der Waals surface area contributed by atoms with Gasteiger partial charge in [-0.1, -0.05) is 35.9 Å². The molecule has 0 spiro atoms. The lowest BCUT2D eigenvalue weighted by atomic mass is 10.0. The van der Waals surface area contributed by atoms with Crippen molar-refractivity contribution in [3.63, 3.8) is 0 Å². The zero-order valence-corrected chi connectivity index (χ0v) is 8.84. The van der Waals surface area contributed by atoms with E-state index in [1.54, 1.807) is 0 Å². The zero-order chi connectivity index (χ0) is 8.27. The molecule has 0 bridgehead atoms. The molecule has 1 rings (SSSR count). The summed E-state index contributed by atoms with van der Waals surface area (Å²) in [6.07, 6.45) is 3.02. The number of esters is 1. The Morgan fingerprint density at radius 2 is 2.55 bits per heavy atom. The molecule has 3 heteroatoms. The first kappa shape index (κ1) is 9.29.